The Morgan fingerprint density at radius 1 is 0.913 bits per heavy atom. The Balaban J connectivity index is 0.000000585. The van der Waals surface area contributed by atoms with E-state index in [1.807, 2.05) is 0 Å². The van der Waals surface area contributed by atoms with Gasteiger partial charge in [-0.1, -0.05) is 13.2 Å². The molecular formula is C15H14F4O4. The van der Waals surface area contributed by atoms with E-state index in [1.165, 1.54) is 14.0 Å². The van der Waals surface area contributed by atoms with Crippen LogP contribution in [0, 0.1) is 23.3 Å². The molecule has 0 aliphatic heterocycles. The second-order valence-electron chi connectivity index (χ2n) is 4.24. The zero-order valence-electron chi connectivity index (χ0n) is 12.6. The van der Waals surface area contributed by atoms with Gasteiger partial charge < -0.3 is 9.47 Å². The molecule has 0 aliphatic carbocycles. The number of carbonyl (C=O) groups excluding carboxylic acids is 2. The standard InChI is InChI=1S/C10H6F4O2.C5H8O2/c1-4(2)10(15)16-9-7(13)5(11)3-6(12)8(9)14;1-4(2)5(6)7-3/h3H,1H2,2H3;1H2,2-3H3. The lowest BCUT2D eigenvalue weighted by molar-refractivity contribution is -0.136. The molecule has 0 heterocycles. The third-order valence-electron chi connectivity index (χ3n) is 2.15. The average molecular weight is 334 g/mol. The number of benzene rings is 1. The van der Waals surface area contributed by atoms with Gasteiger partial charge in [0.1, 0.15) is 0 Å². The molecule has 0 amide bonds. The fraction of sp³-hybridized carbons (Fsp3) is 0.200. The second-order valence-corrected chi connectivity index (χ2v) is 4.24. The topological polar surface area (TPSA) is 52.6 Å². The fourth-order valence-corrected chi connectivity index (χ4v) is 0.995. The van der Waals surface area contributed by atoms with E-state index in [2.05, 4.69) is 22.6 Å². The minimum Gasteiger partial charge on any atom is -0.466 e. The van der Waals surface area contributed by atoms with Gasteiger partial charge in [-0.3, -0.25) is 0 Å². The van der Waals surface area contributed by atoms with Crippen molar-refractivity contribution in [3.8, 4) is 5.75 Å². The molecule has 0 spiro atoms. The first kappa shape index (κ1) is 20.4. The second kappa shape index (κ2) is 8.72. The summed E-state index contributed by atoms with van der Waals surface area (Å²) in [4.78, 5) is 21.1. The van der Waals surface area contributed by atoms with Gasteiger partial charge >= 0.3 is 11.9 Å². The first-order valence-electron chi connectivity index (χ1n) is 5.97. The molecule has 0 unspecified atom stereocenters. The highest BCUT2D eigenvalue weighted by atomic mass is 19.2. The van der Waals surface area contributed by atoms with Crippen LogP contribution < -0.4 is 4.74 Å². The van der Waals surface area contributed by atoms with E-state index in [4.69, 9.17) is 0 Å². The predicted octanol–water partition coefficient (Wildman–Crippen LogP) is 3.46. The van der Waals surface area contributed by atoms with E-state index >= 15 is 0 Å². The first-order chi connectivity index (χ1) is 10.5. The van der Waals surface area contributed by atoms with Crippen LogP contribution in [0.3, 0.4) is 0 Å². The van der Waals surface area contributed by atoms with Crippen molar-refractivity contribution in [1.82, 2.24) is 0 Å². The Labute approximate surface area is 130 Å². The zero-order chi connectivity index (χ0) is 18.3. The molecule has 4 nitrogen and oxygen atoms in total. The van der Waals surface area contributed by atoms with E-state index in [0.29, 0.717) is 5.57 Å². The number of hydrogen-bond acceptors (Lipinski definition) is 4. The highest BCUT2D eigenvalue weighted by molar-refractivity contribution is 5.88. The molecule has 1 aromatic rings. The Morgan fingerprint density at radius 3 is 1.57 bits per heavy atom. The molecule has 0 radical (unpaired) electrons. The lowest BCUT2D eigenvalue weighted by atomic mass is 10.3. The van der Waals surface area contributed by atoms with E-state index in [1.54, 1.807) is 6.92 Å². The molecule has 0 aliphatic rings. The third-order valence-corrected chi connectivity index (χ3v) is 2.15. The van der Waals surface area contributed by atoms with Crippen molar-refractivity contribution in [2.75, 3.05) is 7.11 Å². The van der Waals surface area contributed by atoms with E-state index < -0.39 is 35.0 Å². The number of ether oxygens (including phenoxy) is 2. The van der Waals surface area contributed by atoms with Gasteiger partial charge in [0.2, 0.25) is 17.4 Å². The Hall–Kier alpha value is -2.64. The molecule has 0 bridgehead atoms. The molecule has 0 saturated carbocycles. The van der Waals surface area contributed by atoms with Crippen molar-refractivity contribution in [2.24, 2.45) is 0 Å². The summed E-state index contributed by atoms with van der Waals surface area (Å²) in [6.45, 7) is 9.32. The molecule has 0 N–H and O–H groups in total. The molecule has 0 saturated heterocycles. The van der Waals surface area contributed by atoms with Gasteiger partial charge in [-0.25, -0.2) is 18.4 Å². The van der Waals surface area contributed by atoms with Crippen molar-refractivity contribution >= 4 is 11.9 Å². The normalized spacial score (nSPS) is 9.35. The van der Waals surface area contributed by atoms with Gasteiger partial charge in [0, 0.05) is 17.2 Å². The minimum atomic E-state index is -1.77. The SMILES string of the molecule is C=C(C)C(=O)OC.C=C(C)C(=O)Oc1c(F)c(F)cc(F)c1F. The summed E-state index contributed by atoms with van der Waals surface area (Å²) in [5.74, 6) is -9.78. The van der Waals surface area contributed by atoms with Gasteiger partial charge in [0.25, 0.3) is 0 Å². The van der Waals surface area contributed by atoms with Crippen molar-refractivity contribution < 1.29 is 36.6 Å². The quantitative estimate of drug-likeness (QED) is 0.279. The van der Waals surface area contributed by atoms with Crippen molar-refractivity contribution in [2.45, 2.75) is 13.8 Å². The molecule has 0 fully saturated rings. The fourth-order valence-electron chi connectivity index (χ4n) is 0.995. The average Bonchev–Trinajstić information content (AvgIpc) is 2.48. The number of hydrogen-bond donors (Lipinski definition) is 0. The van der Waals surface area contributed by atoms with Crippen LogP contribution in [0.1, 0.15) is 13.8 Å². The molecule has 0 atom stereocenters. The Morgan fingerprint density at radius 2 is 1.30 bits per heavy atom. The third kappa shape index (κ3) is 5.93. The molecular weight excluding hydrogens is 320 g/mol. The summed E-state index contributed by atoms with van der Waals surface area (Å²) in [6.07, 6.45) is 0. The summed E-state index contributed by atoms with van der Waals surface area (Å²) in [6, 6.07) is 0.0166. The van der Waals surface area contributed by atoms with Crippen LogP contribution in [-0.2, 0) is 14.3 Å². The maximum absolute atomic E-state index is 13.0. The summed E-state index contributed by atoms with van der Waals surface area (Å²) in [7, 11) is 1.33. The monoisotopic (exact) mass is 334 g/mol. The van der Waals surface area contributed by atoms with Crippen molar-refractivity contribution in [3.05, 3.63) is 53.6 Å². The van der Waals surface area contributed by atoms with Gasteiger partial charge in [-0.15, -0.1) is 0 Å². The first-order valence-corrected chi connectivity index (χ1v) is 5.97. The summed E-state index contributed by atoms with van der Waals surface area (Å²) in [5.41, 5.74) is 0.269. The predicted molar refractivity (Wildman–Crippen MR) is 73.6 cm³/mol. The van der Waals surface area contributed by atoms with Crippen LogP contribution in [0.4, 0.5) is 17.6 Å². The largest absolute Gasteiger partial charge is 0.466 e. The van der Waals surface area contributed by atoms with Crippen LogP contribution in [0.5, 0.6) is 5.75 Å². The van der Waals surface area contributed by atoms with Crippen LogP contribution in [0.25, 0.3) is 0 Å². The lowest BCUT2D eigenvalue weighted by Crippen LogP contribution is -2.12. The van der Waals surface area contributed by atoms with Gasteiger partial charge in [0.05, 0.1) is 7.11 Å². The van der Waals surface area contributed by atoms with Crippen LogP contribution in [0.15, 0.2) is 30.4 Å². The zero-order valence-corrected chi connectivity index (χ0v) is 12.6. The number of methoxy groups -OCH3 is 1. The highest BCUT2D eigenvalue weighted by Crippen LogP contribution is 2.26. The van der Waals surface area contributed by atoms with Crippen molar-refractivity contribution in [1.29, 1.82) is 0 Å². The van der Waals surface area contributed by atoms with Gasteiger partial charge in [0.15, 0.2) is 11.6 Å². The molecule has 8 heteroatoms. The maximum atomic E-state index is 13.0. The molecule has 1 aromatic carbocycles. The molecule has 1 rings (SSSR count). The summed E-state index contributed by atoms with van der Waals surface area (Å²) >= 11 is 0. The highest BCUT2D eigenvalue weighted by Gasteiger charge is 2.23. The minimum absolute atomic E-state index is 0.0166. The van der Waals surface area contributed by atoms with Gasteiger partial charge in [-0.2, -0.15) is 8.78 Å². The maximum Gasteiger partial charge on any atom is 0.338 e. The number of rotatable bonds is 3. The molecule has 0 aromatic heterocycles. The van der Waals surface area contributed by atoms with Crippen LogP contribution in [0.2, 0.25) is 0 Å². The van der Waals surface area contributed by atoms with E-state index in [0.717, 1.165) is 0 Å². The van der Waals surface area contributed by atoms with Crippen LogP contribution in [-0.4, -0.2) is 19.0 Å². The lowest BCUT2D eigenvalue weighted by Gasteiger charge is -2.07. The smallest absolute Gasteiger partial charge is 0.338 e. The van der Waals surface area contributed by atoms with E-state index in [-0.39, 0.29) is 17.6 Å². The van der Waals surface area contributed by atoms with Gasteiger partial charge in [-0.05, 0) is 13.8 Å². The number of esters is 2. The van der Waals surface area contributed by atoms with Crippen molar-refractivity contribution in [3.63, 3.8) is 0 Å². The number of carbonyl (C=O) groups is 2. The van der Waals surface area contributed by atoms with E-state index in [9.17, 15) is 27.2 Å². The summed E-state index contributed by atoms with van der Waals surface area (Å²) < 4.78 is 59.7. The Kier molecular flexibility index (Phi) is 7.72. The van der Waals surface area contributed by atoms with Crippen LogP contribution >= 0.6 is 0 Å². The number of halogens is 4. The molecule has 23 heavy (non-hydrogen) atoms. The molecule has 126 valence electrons. The summed E-state index contributed by atoms with van der Waals surface area (Å²) in [5, 5.41) is 0. The Bertz CT molecular complexity index is 627.